The smallest absolute Gasteiger partial charge is 0.411 e. The van der Waals surface area contributed by atoms with Crippen LogP contribution in [0, 0.1) is 10.8 Å². The molecule has 1 aliphatic heterocycles. The molecule has 0 saturated carbocycles. The van der Waals surface area contributed by atoms with E-state index < -0.39 is 33.1 Å². The van der Waals surface area contributed by atoms with Crippen molar-refractivity contribution in [1.29, 1.82) is 0 Å². The quantitative estimate of drug-likeness (QED) is 0.707. The number of aliphatic hydroxyl groups is 1. The minimum absolute atomic E-state index is 0.329. The third kappa shape index (κ3) is 2.48. The summed E-state index contributed by atoms with van der Waals surface area (Å²) in [5.41, 5.74) is -3.76. The molecule has 0 atom stereocenters. The van der Waals surface area contributed by atoms with Gasteiger partial charge in [0.25, 0.3) is 0 Å². The Labute approximate surface area is 142 Å². The molecule has 136 valence electrons. The van der Waals surface area contributed by atoms with Crippen LogP contribution in [0.3, 0.4) is 0 Å². The highest BCUT2D eigenvalue weighted by atomic mass is 16.6. The van der Waals surface area contributed by atoms with Crippen molar-refractivity contribution in [3.05, 3.63) is 0 Å². The molecule has 0 unspecified atom stereocenters. The Balaban J connectivity index is 3.60. The Hall–Kier alpha value is -0.770. The summed E-state index contributed by atoms with van der Waals surface area (Å²) in [7, 11) is 0. The average molecular weight is 328 g/mol. The molecule has 0 bridgehead atoms. The van der Waals surface area contributed by atoms with Gasteiger partial charge in [-0.3, -0.25) is 4.90 Å². The van der Waals surface area contributed by atoms with E-state index in [0.29, 0.717) is 0 Å². The topological polar surface area (TPSA) is 49.8 Å². The lowest BCUT2D eigenvalue weighted by Crippen LogP contribution is -2.82. The van der Waals surface area contributed by atoms with Crippen LogP contribution < -0.4 is 0 Å². The van der Waals surface area contributed by atoms with Crippen LogP contribution >= 0.6 is 0 Å². The third-order valence-corrected chi connectivity index (χ3v) is 7.19. The van der Waals surface area contributed by atoms with E-state index in [1.807, 2.05) is 88.0 Å². The lowest BCUT2D eigenvalue weighted by Gasteiger charge is -2.72. The summed E-state index contributed by atoms with van der Waals surface area (Å²) >= 11 is 0. The maximum absolute atomic E-state index is 13.1. The highest BCUT2D eigenvalue weighted by molar-refractivity contribution is 5.71. The Kier molecular flexibility index (Phi) is 4.29. The number of hydrogen-bond acceptors (Lipinski definition) is 3. The van der Waals surface area contributed by atoms with Gasteiger partial charge in [-0.25, -0.2) is 4.79 Å². The van der Waals surface area contributed by atoms with E-state index in [-0.39, 0.29) is 6.09 Å². The molecule has 0 aromatic carbocycles. The zero-order valence-corrected chi connectivity index (χ0v) is 17.2. The normalized spacial score (nSPS) is 27.4. The number of nitrogens with zero attached hydrogens (tertiary/aromatic N) is 1. The first-order valence-electron chi connectivity index (χ1n) is 8.51. The van der Waals surface area contributed by atoms with E-state index in [0.717, 1.165) is 0 Å². The lowest BCUT2D eigenvalue weighted by molar-refractivity contribution is -0.275. The van der Waals surface area contributed by atoms with Gasteiger partial charge >= 0.3 is 6.09 Å². The highest BCUT2D eigenvalue weighted by Crippen LogP contribution is 2.62. The van der Waals surface area contributed by atoms with E-state index in [9.17, 15) is 9.90 Å². The van der Waals surface area contributed by atoms with E-state index in [1.165, 1.54) is 0 Å². The van der Waals surface area contributed by atoms with Crippen molar-refractivity contribution in [1.82, 2.24) is 4.90 Å². The van der Waals surface area contributed by atoms with Crippen molar-refractivity contribution < 1.29 is 14.6 Å². The van der Waals surface area contributed by atoms with Crippen LogP contribution in [0.4, 0.5) is 4.79 Å². The van der Waals surface area contributed by atoms with E-state index >= 15 is 0 Å². The Morgan fingerprint density at radius 2 is 1.13 bits per heavy atom. The van der Waals surface area contributed by atoms with Crippen LogP contribution in [-0.4, -0.2) is 38.4 Å². The Morgan fingerprint density at radius 3 is 1.39 bits per heavy atom. The summed E-state index contributed by atoms with van der Waals surface area (Å²) in [6.45, 7) is 23.7. The Bertz CT molecular complexity index is 463. The zero-order valence-electron chi connectivity index (χ0n) is 17.2. The van der Waals surface area contributed by atoms with Crippen molar-refractivity contribution in [3.63, 3.8) is 0 Å². The summed E-state index contributed by atoms with van der Waals surface area (Å²) in [5, 5.41) is 11.5. The number of carbonyl (C=O) groups excluding carboxylic acids is 1. The van der Waals surface area contributed by atoms with Crippen molar-refractivity contribution in [2.45, 2.75) is 105 Å². The Morgan fingerprint density at radius 1 is 0.826 bits per heavy atom. The number of ether oxygens (including phenoxy) is 1. The van der Waals surface area contributed by atoms with Crippen molar-refractivity contribution in [3.8, 4) is 0 Å². The molecule has 4 nitrogen and oxygen atoms in total. The van der Waals surface area contributed by atoms with Gasteiger partial charge in [0.2, 0.25) is 0 Å². The van der Waals surface area contributed by atoms with Gasteiger partial charge in [0.05, 0.1) is 5.60 Å². The molecule has 0 radical (unpaired) electrons. The minimum atomic E-state index is -0.967. The molecule has 1 amide bonds. The molecule has 0 aliphatic carbocycles. The molecule has 23 heavy (non-hydrogen) atoms. The first-order chi connectivity index (χ1) is 9.75. The van der Waals surface area contributed by atoms with Gasteiger partial charge in [0.15, 0.2) is 0 Å². The SMILES string of the molecule is CC(C)(C)OC(=O)N1C(C)(C)C(C)(C)C(C)(O)C(C)(C)C1(C)C. The number of hydrogen-bond donors (Lipinski definition) is 1. The summed E-state index contributed by atoms with van der Waals surface area (Å²) in [4.78, 5) is 14.9. The van der Waals surface area contributed by atoms with Gasteiger partial charge in [0, 0.05) is 21.9 Å². The third-order valence-electron chi connectivity index (χ3n) is 7.19. The second-order valence-electron chi connectivity index (χ2n) is 10.3. The van der Waals surface area contributed by atoms with E-state index in [1.54, 1.807) is 0 Å². The number of rotatable bonds is 0. The van der Waals surface area contributed by atoms with Crippen molar-refractivity contribution >= 4 is 6.09 Å². The summed E-state index contributed by atoms with van der Waals surface area (Å²) in [6, 6.07) is 0. The standard InChI is InChI=1S/C19H37NO3/c1-14(2,3)23-13(21)20-17(8,9)15(4,5)19(12,22)16(6,7)18(20,10)11/h22H,1-12H3. The predicted octanol–water partition coefficient (Wildman–Crippen LogP) is 4.60. The molecular formula is C19H37NO3. The second-order valence-corrected chi connectivity index (χ2v) is 10.3. The number of carbonyl (C=O) groups is 1. The molecule has 1 rings (SSSR count). The summed E-state index contributed by atoms with van der Waals surface area (Å²) in [5.74, 6) is 0. The molecule has 0 spiro atoms. The van der Waals surface area contributed by atoms with Gasteiger partial charge in [-0.05, 0) is 55.4 Å². The van der Waals surface area contributed by atoms with Crippen LogP contribution in [0.1, 0.15) is 83.1 Å². The van der Waals surface area contributed by atoms with Crippen LogP contribution in [0.15, 0.2) is 0 Å². The molecule has 1 N–H and O–H groups in total. The zero-order chi connectivity index (χ0) is 18.9. The van der Waals surface area contributed by atoms with Crippen LogP contribution in [0.5, 0.6) is 0 Å². The van der Waals surface area contributed by atoms with Gasteiger partial charge in [-0.2, -0.15) is 0 Å². The molecule has 1 fully saturated rings. The van der Waals surface area contributed by atoms with Crippen LogP contribution in [-0.2, 0) is 4.74 Å². The summed E-state index contributed by atoms with van der Waals surface area (Å²) in [6.07, 6.45) is -0.329. The van der Waals surface area contributed by atoms with Crippen molar-refractivity contribution in [2.24, 2.45) is 10.8 Å². The van der Waals surface area contributed by atoms with E-state index in [4.69, 9.17) is 4.74 Å². The van der Waals surface area contributed by atoms with Crippen molar-refractivity contribution in [2.75, 3.05) is 0 Å². The number of likely N-dealkylation sites (tertiary alicyclic amines) is 1. The fraction of sp³-hybridized carbons (Fsp3) is 0.947. The first kappa shape index (κ1) is 20.3. The van der Waals surface area contributed by atoms with E-state index in [2.05, 4.69) is 0 Å². The highest BCUT2D eigenvalue weighted by Gasteiger charge is 2.71. The van der Waals surface area contributed by atoms with Gasteiger partial charge in [-0.1, -0.05) is 27.7 Å². The molecule has 1 heterocycles. The fourth-order valence-corrected chi connectivity index (χ4v) is 3.99. The maximum Gasteiger partial charge on any atom is 0.411 e. The number of amides is 1. The lowest BCUT2D eigenvalue weighted by atomic mass is 9.46. The number of piperidine rings is 1. The fourth-order valence-electron chi connectivity index (χ4n) is 3.99. The summed E-state index contributed by atoms with van der Waals surface area (Å²) < 4.78 is 5.71. The van der Waals surface area contributed by atoms with Gasteiger partial charge < -0.3 is 9.84 Å². The van der Waals surface area contributed by atoms with Crippen LogP contribution in [0.2, 0.25) is 0 Å². The molecule has 0 aromatic rings. The molecule has 1 aliphatic rings. The largest absolute Gasteiger partial charge is 0.444 e. The minimum Gasteiger partial charge on any atom is -0.444 e. The molecule has 1 saturated heterocycles. The second kappa shape index (κ2) is 4.87. The molecular weight excluding hydrogens is 290 g/mol. The predicted molar refractivity (Wildman–Crippen MR) is 94.4 cm³/mol. The maximum atomic E-state index is 13.1. The molecule has 4 heteroatoms. The molecule has 0 aromatic heterocycles. The van der Waals surface area contributed by atoms with Gasteiger partial charge in [-0.15, -0.1) is 0 Å². The first-order valence-corrected chi connectivity index (χ1v) is 8.51. The monoisotopic (exact) mass is 327 g/mol. The average Bonchev–Trinajstić information content (AvgIpc) is 2.22. The van der Waals surface area contributed by atoms with Gasteiger partial charge in [0.1, 0.15) is 5.60 Å². The van der Waals surface area contributed by atoms with Crippen LogP contribution in [0.25, 0.3) is 0 Å².